The van der Waals surface area contributed by atoms with Crippen molar-refractivity contribution in [3.05, 3.63) is 23.0 Å². The second kappa shape index (κ2) is 9.06. The summed E-state index contributed by atoms with van der Waals surface area (Å²) in [6, 6.07) is 0. The van der Waals surface area contributed by atoms with E-state index in [4.69, 9.17) is 0 Å². The molecule has 142 valence electrons. The normalized spacial score (nSPS) is 19.0. The van der Waals surface area contributed by atoms with Gasteiger partial charge in [-0.1, -0.05) is 11.3 Å². The van der Waals surface area contributed by atoms with Crippen LogP contribution in [0.3, 0.4) is 0 Å². The van der Waals surface area contributed by atoms with Crippen molar-refractivity contribution in [3.8, 4) is 0 Å². The number of hydrogen-bond donors (Lipinski definition) is 2. The third kappa shape index (κ3) is 4.77. The minimum Gasteiger partial charge on any atom is -0.469 e. The van der Waals surface area contributed by atoms with E-state index in [1.165, 1.54) is 18.4 Å². The lowest BCUT2D eigenvalue weighted by molar-refractivity contribution is -0.140. The molecule has 0 saturated carbocycles. The number of anilines is 1. The lowest BCUT2D eigenvalue weighted by Crippen LogP contribution is -2.28. The quantitative estimate of drug-likeness (QED) is 0.688. The first-order valence-electron chi connectivity index (χ1n) is 7.96. The van der Waals surface area contributed by atoms with Crippen LogP contribution in [0.15, 0.2) is 12.4 Å². The van der Waals surface area contributed by atoms with E-state index < -0.39 is 0 Å². The third-order valence-corrected chi connectivity index (χ3v) is 5.07. The minimum absolute atomic E-state index is 0. The Morgan fingerprint density at radius 3 is 2.92 bits per heavy atom. The van der Waals surface area contributed by atoms with Crippen molar-refractivity contribution in [1.29, 1.82) is 0 Å². The van der Waals surface area contributed by atoms with Gasteiger partial charge in [0, 0.05) is 38.7 Å². The number of ether oxygens (including phenoxy) is 1. The van der Waals surface area contributed by atoms with E-state index in [9.17, 15) is 9.59 Å². The van der Waals surface area contributed by atoms with Crippen molar-refractivity contribution in [1.82, 2.24) is 25.3 Å². The highest BCUT2D eigenvalue weighted by atomic mass is 35.5. The average Bonchev–Trinajstić information content (AvgIpc) is 3.32. The molecule has 2 N–H and O–H groups in total. The molecule has 9 nitrogen and oxygen atoms in total. The van der Waals surface area contributed by atoms with Gasteiger partial charge >= 0.3 is 5.97 Å². The first-order valence-corrected chi connectivity index (χ1v) is 8.77. The summed E-state index contributed by atoms with van der Waals surface area (Å²) < 4.78 is 6.34. The molecule has 1 aliphatic heterocycles. The molecule has 11 heteroatoms. The first kappa shape index (κ1) is 20.3. The number of aromatic nitrogens is 4. The highest BCUT2D eigenvalue weighted by Crippen LogP contribution is 2.29. The van der Waals surface area contributed by atoms with Crippen LogP contribution in [0.25, 0.3) is 0 Å². The standard InChI is InChI=1S/C15H20N6O3S.ClH/c1-21-8-9(5-17-21)10-6-16-7-11(10)14(23)18-15-20-19-12(25-15)3-4-13(22)24-2;/h5,8,10-11,16H,3-4,6-7H2,1-2H3,(H,18,20,23);1H/t10-,11+;/m1./s1. The Morgan fingerprint density at radius 1 is 1.42 bits per heavy atom. The number of carbonyl (C=O) groups excluding carboxylic acids is 2. The molecule has 2 aromatic rings. The van der Waals surface area contributed by atoms with Gasteiger partial charge in [0.15, 0.2) is 0 Å². The van der Waals surface area contributed by atoms with E-state index in [-0.39, 0.29) is 42.5 Å². The molecular weight excluding hydrogens is 380 g/mol. The molecule has 3 rings (SSSR count). The molecule has 0 radical (unpaired) electrons. The molecule has 0 unspecified atom stereocenters. The molecule has 0 aromatic carbocycles. The van der Waals surface area contributed by atoms with Gasteiger partial charge in [0.05, 0.1) is 25.6 Å². The fourth-order valence-corrected chi connectivity index (χ4v) is 3.59. The fraction of sp³-hybridized carbons (Fsp3) is 0.533. The first-order chi connectivity index (χ1) is 12.1. The molecule has 3 heterocycles. The topological polar surface area (TPSA) is 111 Å². The Balaban J connectivity index is 0.00000243. The zero-order valence-corrected chi connectivity index (χ0v) is 16.1. The monoisotopic (exact) mass is 400 g/mol. The average molecular weight is 401 g/mol. The molecule has 26 heavy (non-hydrogen) atoms. The van der Waals surface area contributed by atoms with Crippen molar-refractivity contribution < 1.29 is 14.3 Å². The molecule has 0 bridgehead atoms. The van der Waals surface area contributed by atoms with Crippen molar-refractivity contribution in [2.24, 2.45) is 13.0 Å². The maximum atomic E-state index is 12.6. The van der Waals surface area contributed by atoms with E-state index in [2.05, 4.69) is 30.7 Å². The Kier molecular flexibility index (Phi) is 7.06. The summed E-state index contributed by atoms with van der Waals surface area (Å²) in [5.41, 5.74) is 1.05. The molecule has 0 aliphatic carbocycles. The minimum atomic E-state index is -0.294. The summed E-state index contributed by atoms with van der Waals surface area (Å²) in [6.45, 7) is 1.35. The smallest absolute Gasteiger partial charge is 0.305 e. The predicted octanol–water partition coefficient (Wildman–Crippen LogP) is 0.741. The summed E-state index contributed by atoms with van der Waals surface area (Å²) in [6.07, 6.45) is 4.43. The van der Waals surface area contributed by atoms with Crippen molar-refractivity contribution in [3.63, 3.8) is 0 Å². The van der Waals surface area contributed by atoms with Crippen LogP contribution in [0.5, 0.6) is 0 Å². The molecule has 1 amide bonds. The number of aryl methyl sites for hydroxylation is 2. The van der Waals surface area contributed by atoms with Crippen LogP contribution >= 0.6 is 23.7 Å². The number of amides is 1. The van der Waals surface area contributed by atoms with Crippen LogP contribution < -0.4 is 10.6 Å². The lowest BCUT2D eigenvalue weighted by Gasteiger charge is -2.15. The molecule has 0 spiro atoms. The summed E-state index contributed by atoms with van der Waals surface area (Å²) in [4.78, 5) is 23.8. The highest BCUT2D eigenvalue weighted by molar-refractivity contribution is 7.15. The van der Waals surface area contributed by atoms with Crippen LogP contribution in [0.1, 0.15) is 22.9 Å². The predicted molar refractivity (Wildman–Crippen MR) is 98.4 cm³/mol. The maximum absolute atomic E-state index is 12.6. The maximum Gasteiger partial charge on any atom is 0.305 e. The van der Waals surface area contributed by atoms with Crippen molar-refractivity contribution in [2.75, 3.05) is 25.5 Å². The van der Waals surface area contributed by atoms with E-state index in [0.29, 0.717) is 23.1 Å². The Labute approximate surface area is 160 Å². The van der Waals surface area contributed by atoms with Crippen LogP contribution in [-0.4, -0.2) is 52.1 Å². The summed E-state index contributed by atoms with van der Waals surface area (Å²) in [7, 11) is 3.21. The number of esters is 1. The third-order valence-electron chi connectivity index (χ3n) is 4.17. The van der Waals surface area contributed by atoms with Gasteiger partial charge in [-0.05, 0) is 5.56 Å². The molecule has 2 atom stereocenters. The second-order valence-corrected chi connectivity index (χ2v) is 6.95. The molecule has 1 fully saturated rings. The fourth-order valence-electron chi connectivity index (χ4n) is 2.85. The lowest BCUT2D eigenvalue weighted by atomic mass is 9.90. The second-order valence-electron chi connectivity index (χ2n) is 5.88. The van der Waals surface area contributed by atoms with Gasteiger partial charge in [-0.15, -0.1) is 22.6 Å². The van der Waals surface area contributed by atoms with Crippen molar-refractivity contribution >= 4 is 40.8 Å². The summed E-state index contributed by atoms with van der Waals surface area (Å²) in [5.74, 6) is -0.487. The van der Waals surface area contributed by atoms with Crippen molar-refractivity contribution in [2.45, 2.75) is 18.8 Å². The Bertz CT molecular complexity index is 764. The Hall–Kier alpha value is -2.04. The van der Waals surface area contributed by atoms with Gasteiger partial charge in [-0.2, -0.15) is 5.10 Å². The number of rotatable bonds is 6. The number of methoxy groups -OCH3 is 1. The van der Waals surface area contributed by atoms with Crippen LogP contribution in [0.2, 0.25) is 0 Å². The summed E-state index contributed by atoms with van der Waals surface area (Å²) >= 11 is 1.27. The zero-order chi connectivity index (χ0) is 17.8. The van der Waals surface area contributed by atoms with Crippen LogP contribution in [0, 0.1) is 5.92 Å². The van der Waals surface area contributed by atoms with Gasteiger partial charge in [0.2, 0.25) is 11.0 Å². The summed E-state index contributed by atoms with van der Waals surface area (Å²) in [5, 5.41) is 19.4. The van der Waals surface area contributed by atoms with E-state index in [0.717, 1.165) is 12.1 Å². The Morgan fingerprint density at radius 2 is 2.23 bits per heavy atom. The SMILES string of the molecule is COC(=O)CCc1nnc(NC(=O)[C@H]2CNC[C@@H]2c2cnn(C)c2)s1.Cl. The van der Waals surface area contributed by atoms with E-state index in [1.807, 2.05) is 13.2 Å². The van der Waals surface area contributed by atoms with Crippen LogP contribution in [0.4, 0.5) is 5.13 Å². The number of hydrogen-bond acceptors (Lipinski definition) is 8. The highest BCUT2D eigenvalue weighted by Gasteiger charge is 2.35. The zero-order valence-electron chi connectivity index (χ0n) is 14.5. The number of nitrogens with one attached hydrogen (secondary N) is 2. The molecule has 1 aliphatic rings. The van der Waals surface area contributed by atoms with Crippen LogP contribution in [-0.2, 0) is 27.8 Å². The molecule has 1 saturated heterocycles. The van der Waals surface area contributed by atoms with Gasteiger partial charge in [0.25, 0.3) is 0 Å². The largest absolute Gasteiger partial charge is 0.469 e. The van der Waals surface area contributed by atoms with Gasteiger partial charge in [-0.3, -0.25) is 14.3 Å². The number of nitrogens with zero attached hydrogens (tertiary/aromatic N) is 4. The van der Waals surface area contributed by atoms with Gasteiger partial charge in [0.1, 0.15) is 5.01 Å². The van der Waals surface area contributed by atoms with E-state index >= 15 is 0 Å². The number of halogens is 1. The van der Waals surface area contributed by atoms with E-state index in [1.54, 1.807) is 10.9 Å². The number of carbonyl (C=O) groups is 2. The molecule has 2 aromatic heterocycles. The molecular formula is C15H21ClN6O3S. The van der Waals surface area contributed by atoms with Gasteiger partial charge < -0.3 is 15.4 Å². The van der Waals surface area contributed by atoms with Gasteiger partial charge in [-0.25, -0.2) is 0 Å².